The van der Waals surface area contributed by atoms with Crippen LogP contribution < -0.4 is 14.2 Å². The summed E-state index contributed by atoms with van der Waals surface area (Å²) in [5.74, 6) is 0.201. The Morgan fingerprint density at radius 1 is 0.862 bits per heavy atom. The standard InChI is InChI=1S/C22H25ClO6/c1-5-26-18-12-16(13-19(27-6-2)21(18)28-7-3)22(25)29-14(4)20(24)15-8-10-17(23)11-9-15/h8-14H,5-7H2,1-4H3/t14-/m1/s1. The van der Waals surface area contributed by atoms with Crippen molar-refractivity contribution in [2.45, 2.75) is 33.8 Å². The van der Waals surface area contributed by atoms with Crippen LogP contribution in [0.4, 0.5) is 0 Å². The van der Waals surface area contributed by atoms with E-state index in [2.05, 4.69) is 0 Å². The summed E-state index contributed by atoms with van der Waals surface area (Å²) in [6.07, 6.45) is -0.971. The van der Waals surface area contributed by atoms with Crippen molar-refractivity contribution in [1.82, 2.24) is 0 Å². The normalized spacial score (nSPS) is 11.5. The molecule has 2 aromatic rings. The molecule has 0 amide bonds. The van der Waals surface area contributed by atoms with Gasteiger partial charge in [0.25, 0.3) is 0 Å². The Labute approximate surface area is 175 Å². The van der Waals surface area contributed by atoms with Gasteiger partial charge in [0.1, 0.15) is 0 Å². The van der Waals surface area contributed by atoms with Crippen LogP contribution in [0.5, 0.6) is 17.2 Å². The maximum absolute atomic E-state index is 12.7. The molecule has 0 aromatic heterocycles. The van der Waals surface area contributed by atoms with E-state index in [-0.39, 0.29) is 11.3 Å². The lowest BCUT2D eigenvalue weighted by Gasteiger charge is -2.18. The van der Waals surface area contributed by atoms with Gasteiger partial charge in [-0.3, -0.25) is 4.79 Å². The van der Waals surface area contributed by atoms with Gasteiger partial charge >= 0.3 is 5.97 Å². The van der Waals surface area contributed by atoms with Gasteiger partial charge in [-0.25, -0.2) is 4.79 Å². The van der Waals surface area contributed by atoms with Crippen molar-refractivity contribution in [2.75, 3.05) is 19.8 Å². The van der Waals surface area contributed by atoms with E-state index in [9.17, 15) is 9.59 Å². The first kappa shape index (κ1) is 22.6. The molecule has 156 valence electrons. The third-order valence-electron chi connectivity index (χ3n) is 3.93. The van der Waals surface area contributed by atoms with E-state index < -0.39 is 12.1 Å². The Morgan fingerprint density at radius 2 is 1.38 bits per heavy atom. The van der Waals surface area contributed by atoms with E-state index >= 15 is 0 Å². The molecule has 0 saturated heterocycles. The fourth-order valence-corrected chi connectivity index (χ4v) is 2.76. The third-order valence-corrected chi connectivity index (χ3v) is 4.18. The molecule has 0 aliphatic heterocycles. The van der Waals surface area contributed by atoms with Gasteiger partial charge in [0.15, 0.2) is 17.6 Å². The number of Topliss-reactive ketones (excluding diaryl/α,β-unsaturated/α-hetero) is 1. The molecule has 2 rings (SSSR count). The number of rotatable bonds is 10. The van der Waals surface area contributed by atoms with Gasteiger partial charge in [-0.1, -0.05) is 11.6 Å². The molecule has 0 spiro atoms. The molecule has 29 heavy (non-hydrogen) atoms. The van der Waals surface area contributed by atoms with Crippen LogP contribution in [0.1, 0.15) is 48.4 Å². The van der Waals surface area contributed by atoms with E-state index in [1.54, 1.807) is 24.3 Å². The lowest BCUT2D eigenvalue weighted by molar-refractivity contribution is 0.0318. The SMILES string of the molecule is CCOc1cc(C(=O)O[C@H](C)C(=O)c2ccc(Cl)cc2)cc(OCC)c1OCC. The molecule has 2 aromatic carbocycles. The minimum absolute atomic E-state index is 0.205. The second kappa shape index (κ2) is 10.7. The highest BCUT2D eigenvalue weighted by Crippen LogP contribution is 2.39. The Morgan fingerprint density at radius 3 is 1.86 bits per heavy atom. The number of hydrogen-bond donors (Lipinski definition) is 0. The van der Waals surface area contributed by atoms with Crippen LogP contribution in [0.15, 0.2) is 36.4 Å². The zero-order valence-electron chi connectivity index (χ0n) is 17.0. The summed E-state index contributed by atoms with van der Waals surface area (Å²) >= 11 is 5.85. The number of esters is 1. The zero-order valence-corrected chi connectivity index (χ0v) is 17.7. The molecule has 0 bridgehead atoms. The predicted octanol–water partition coefficient (Wildman–Crippen LogP) is 4.96. The molecular weight excluding hydrogens is 396 g/mol. The molecule has 7 heteroatoms. The van der Waals surface area contributed by atoms with Crippen LogP contribution >= 0.6 is 11.6 Å². The van der Waals surface area contributed by atoms with Gasteiger partial charge in [0.05, 0.1) is 25.4 Å². The highest BCUT2D eigenvalue weighted by molar-refractivity contribution is 6.30. The molecular formula is C22H25ClO6. The van der Waals surface area contributed by atoms with Gasteiger partial charge in [0, 0.05) is 10.6 Å². The monoisotopic (exact) mass is 420 g/mol. The third kappa shape index (κ3) is 5.87. The smallest absolute Gasteiger partial charge is 0.339 e. The van der Waals surface area contributed by atoms with Crippen molar-refractivity contribution in [1.29, 1.82) is 0 Å². The molecule has 0 saturated carbocycles. The van der Waals surface area contributed by atoms with Crippen LogP contribution in [0.2, 0.25) is 5.02 Å². The van der Waals surface area contributed by atoms with E-state index in [1.165, 1.54) is 19.1 Å². The molecule has 0 aliphatic rings. The number of carbonyl (C=O) groups excluding carboxylic acids is 2. The molecule has 0 aliphatic carbocycles. The van der Waals surface area contributed by atoms with Crippen molar-refractivity contribution in [3.63, 3.8) is 0 Å². The molecule has 0 heterocycles. The lowest BCUT2D eigenvalue weighted by Crippen LogP contribution is -2.24. The van der Waals surface area contributed by atoms with Gasteiger partial charge < -0.3 is 18.9 Å². The van der Waals surface area contributed by atoms with E-state index in [0.29, 0.717) is 47.7 Å². The van der Waals surface area contributed by atoms with Gasteiger partial charge in [-0.05, 0) is 64.1 Å². The first-order valence-electron chi connectivity index (χ1n) is 9.48. The summed E-state index contributed by atoms with van der Waals surface area (Å²) in [5, 5.41) is 0.521. The number of ketones is 1. The average Bonchev–Trinajstić information content (AvgIpc) is 2.70. The average molecular weight is 421 g/mol. The number of ether oxygens (including phenoxy) is 4. The summed E-state index contributed by atoms with van der Waals surface area (Å²) in [7, 11) is 0. The summed E-state index contributed by atoms with van der Waals surface area (Å²) in [6.45, 7) is 8.21. The fourth-order valence-electron chi connectivity index (χ4n) is 2.64. The van der Waals surface area contributed by atoms with E-state index in [4.69, 9.17) is 30.5 Å². The van der Waals surface area contributed by atoms with E-state index in [1.807, 2.05) is 20.8 Å². The van der Waals surface area contributed by atoms with Crippen molar-refractivity contribution >= 4 is 23.4 Å². The highest BCUT2D eigenvalue weighted by atomic mass is 35.5. The van der Waals surface area contributed by atoms with Crippen LogP contribution in [0, 0.1) is 0 Å². The van der Waals surface area contributed by atoms with Crippen molar-refractivity contribution < 1.29 is 28.5 Å². The second-order valence-electron chi connectivity index (χ2n) is 6.02. The number of hydrogen-bond acceptors (Lipinski definition) is 6. The van der Waals surface area contributed by atoms with Crippen LogP contribution in [0.3, 0.4) is 0 Å². The van der Waals surface area contributed by atoms with Crippen molar-refractivity contribution in [3.8, 4) is 17.2 Å². The molecule has 0 radical (unpaired) electrons. The minimum Gasteiger partial charge on any atom is -0.490 e. The largest absolute Gasteiger partial charge is 0.490 e. The van der Waals surface area contributed by atoms with Gasteiger partial charge in [0.2, 0.25) is 11.5 Å². The van der Waals surface area contributed by atoms with Gasteiger partial charge in [-0.2, -0.15) is 0 Å². The summed E-state index contributed by atoms with van der Waals surface area (Å²) in [4.78, 5) is 25.2. The summed E-state index contributed by atoms with van der Waals surface area (Å²) in [5.41, 5.74) is 0.613. The second-order valence-corrected chi connectivity index (χ2v) is 6.46. The van der Waals surface area contributed by atoms with Gasteiger partial charge in [-0.15, -0.1) is 0 Å². The first-order valence-corrected chi connectivity index (χ1v) is 9.86. The Hall–Kier alpha value is -2.73. The van der Waals surface area contributed by atoms with Crippen LogP contribution in [-0.2, 0) is 4.74 Å². The van der Waals surface area contributed by atoms with Crippen LogP contribution in [0.25, 0.3) is 0 Å². The van der Waals surface area contributed by atoms with Crippen molar-refractivity contribution in [3.05, 3.63) is 52.5 Å². The Bertz CT molecular complexity index is 820. The number of carbonyl (C=O) groups is 2. The Kier molecular flexibility index (Phi) is 8.34. The number of halogens is 1. The van der Waals surface area contributed by atoms with Crippen molar-refractivity contribution in [2.24, 2.45) is 0 Å². The maximum Gasteiger partial charge on any atom is 0.339 e. The molecule has 6 nitrogen and oxygen atoms in total. The summed E-state index contributed by atoms with van der Waals surface area (Å²) < 4.78 is 22.2. The fraction of sp³-hybridized carbons (Fsp3) is 0.364. The molecule has 0 fully saturated rings. The summed E-state index contributed by atoms with van der Waals surface area (Å²) in [6, 6.07) is 9.45. The molecule has 0 unspecified atom stereocenters. The zero-order chi connectivity index (χ0) is 21.4. The lowest BCUT2D eigenvalue weighted by atomic mass is 10.1. The topological polar surface area (TPSA) is 71.1 Å². The minimum atomic E-state index is -0.971. The van der Waals surface area contributed by atoms with Crippen LogP contribution in [-0.4, -0.2) is 37.7 Å². The number of benzene rings is 2. The quantitative estimate of drug-likeness (QED) is 0.399. The molecule has 0 N–H and O–H groups in total. The molecule has 1 atom stereocenters. The Balaban J connectivity index is 2.26. The first-order chi connectivity index (χ1) is 13.9. The maximum atomic E-state index is 12.7. The highest BCUT2D eigenvalue weighted by Gasteiger charge is 2.23. The van der Waals surface area contributed by atoms with E-state index in [0.717, 1.165) is 0 Å². The predicted molar refractivity (Wildman–Crippen MR) is 111 cm³/mol.